The Morgan fingerprint density at radius 2 is 1.77 bits per heavy atom. The zero-order valence-electron chi connectivity index (χ0n) is 17.6. The van der Waals surface area contributed by atoms with Crippen LogP contribution in [0, 0.1) is 6.92 Å². The van der Waals surface area contributed by atoms with Crippen molar-refractivity contribution in [2.75, 3.05) is 20.2 Å². The third kappa shape index (κ3) is 4.20. The van der Waals surface area contributed by atoms with E-state index in [1.807, 2.05) is 13.0 Å². The van der Waals surface area contributed by atoms with Crippen LogP contribution in [0.1, 0.15) is 35.5 Å². The number of ether oxygens (including phenoxy) is 1. The van der Waals surface area contributed by atoms with Gasteiger partial charge in [0.05, 0.1) is 12.0 Å². The number of sulfonamides is 1. The van der Waals surface area contributed by atoms with Gasteiger partial charge in [0.25, 0.3) is 5.91 Å². The van der Waals surface area contributed by atoms with Gasteiger partial charge in [0, 0.05) is 30.6 Å². The number of nitrogens with one attached hydrogen (secondary N) is 1. The Morgan fingerprint density at radius 3 is 2.37 bits per heavy atom. The second-order valence-corrected chi connectivity index (χ2v) is 8.77. The molecule has 0 bridgehead atoms. The second kappa shape index (κ2) is 8.89. The van der Waals surface area contributed by atoms with Crippen molar-refractivity contribution in [2.24, 2.45) is 0 Å². The van der Waals surface area contributed by atoms with E-state index in [-0.39, 0.29) is 23.1 Å². The van der Waals surface area contributed by atoms with Crippen LogP contribution in [0.2, 0.25) is 0 Å². The molecule has 0 spiro atoms. The molecule has 2 aromatic carbocycles. The molecule has 1 aromatic heterocycles. The first-order valence-corrected chi connectivity index (χ1v) is 11.2. The summed E-state index contributed by atoms with van der Waals surface area (Å²) in [6.07, 6.45) is 0. The Morgan fingerprint density at radius 1 is 1.10 bits per heavy atom. The average Bonchev–Trinajstić information content (AvgIpc) is 3.09. The summed E-state index contributed by atoms with van der Waals surface area (Å²) >= 11 is 0. The second-order valence-electron chi connectivity index (χ2n) is 6.83. The molecule has 3 rings (SSSR count). The summed E-state index contributed by atoms with van der Waals surface area (Å²) in [7, 11) is -1.91. The van der Waals surface area contributed by atoms with Crippen LogP contribution in [0.25, 0.3) is 11.0 Å². The van der Waals surface area contributed by atoms with Gasteiger partial charge in [0.15, 0.2) is 5.76 Å². The van der Waals surface area contributed by atoms with Crippen LogP contribution >= 0.6 is 0 Å². The molecular weight excluding hydrogens is 404 g/mol. The first-order chi connectivity index (χ1) is 14.3. The van der Waals surface area contributed by atoms with Gasteiger partial charge in [0.1, 0.15) is 11.3 Å². The zero-order valence-corrected chi connectivity index (χ0v) is 18.4. The minimum absolute atomic E-state index is 0.239. The minimum Gasteiger partial charge on any atom is -0.497 e. The lowest BCUT2D eigenvalue weighted by Gasteiger charge is -2.18. The lowest BCUT2D eigenvalue weighted by atomic mass is 10.1. The largest absolute Gasteiger partial charge is 0.497 e. The number of benzene rings is 2. The summed E-state index contributed by atoms with van der Waals surface area (Å²) in [5.41, 5.74) is 2.14. The van der Waals surface area contributed by atoms with E-state index >= 15 is 0 Å². The van der Waals surface area contributed by atoms with Crippen LogP contribution in [0.3, 0.4) is 0 Å². The number of rotatable bonds is 8. The van der Waals surface area contributed by atoms with Crippen LogP contribution in [0.5, 0.6) is 5.75 Å². The Balaban J connectivity index is 1.72. The number of fused-ring (bicyclic) bond motifs is 1. The van der Waals surface area contributed by atoms with Crippen molar-refractivity contribution >= 4 is 26.9 Å². The standard InChI is InChI=1S/C22H26N2O5S/c1-5-24(6-2)30(26,27)18-10-7-16(8-11-18)14-23-22(25)21-15(3)19-13-17(28-4)9-12-20(19)29-21/h7-13H,5-6,14H2,1-4H3,(H,23,25). The van der Waals surface area contributed by atoms with Crippen LogP contribution in [-0.2, 0) is 16.6 Å². The van der Waals surface area contributed by atoms with Crippen molar-refractivity contribution in [2.45, 2.75) is 32.2 Å². The van der Waals surface area contributed by atoms with Crippen molar-refractivity contribution < 1.29 is 22.4 Å². The molecular formula is C22H26N2O5S. The fourth-order valence-corrected chi connectivity index (χ4v) is 4.76. The summed E-state index contributed by atoms with van der Waals surface area (Å²) in [5, 5.41) is 3.65. The summed E-state index contributed by atoms with van der Waals surface area (Å²) in [5.74, 6) is 0.611. The van der Waals surface area contributed by atoms with Crippen LogP contribution in [0.15, 0.2) is 51.8 Å². The number of hydrogen-bond donors (Lipinski definition) is 1. The smallest absolute Gasteiger partial charge is 0.287 e. The summed E-state index contributed by atoms with van der Waals surface area (Å²) in [6, 6.07) is 11.9. The predicted molar refractivity (Wildman–Crippen MR) is 115 cm³/mol. The van der Waals surface area contributed by atoms with E-state index in [4.69, 9.17) is 9.15 Å². The third-order valence-electron chi connectivity index (χ3n) is 5.07. The van der Waals surface area contributed by atoms with Gasteiger partial charge in [-0.25, -0.2) is 8.42 Å². The maximum atomic E-state index is 12.6. The number of methoxy groups -OCH3 is 1. The Bertz CT molecular complexity index is 1150. The first-order valence-electron chi connectivity index (χ1n) is 9.76. The van der Waals surface area contributed by atoms with E-state index in [1.54, 1.807) is 57.4 Å². The Hall–Kier alpha value is -2.84. The number of carbonyl (C=O) groups is 1. The summed E-state index contributed by atoms with van der Waals surface area (Å²) in [6.45, 7) is 6.53. The minimum atomic E-state index is -3.50. The SMILES string of the molecule is CCN(CC)S(=O)(=O)c1ccc(CNC(=O)c2oc3ccc(OC)cc3c2C)cc1. The zero-order chi connectivity index (χ0) is 21.9. The molecule has 0 saturated heterocycles. The van der Waals surface area contributed by atoms with E-state index in [2.05, 4.69) is 5.32 Å². The van der Waals surface area contributed by atoms with E-state index in [9.17, 15) is 13.2 Å². The first kappa shape index (κ1) is 21.9. The molecule has 1 amide bonds. The molecule has 0 aliphatic carbocycles. The number of carbonyl (C=O) groups excluding carboxylic acids is 1. The van der Waals surface area contributed by atoms with Crippen molar-refractivity contribution in [1.82, 2.24) is 9.62 Å². The van der Waals surface area contributed by atoms with Crippen LogP contribution in [0.4, 0.5) is 0 Å². The van der Waals surface area contributed by atoms with Gasteiger partial charge < -0.3 is 14.5 Å². The number of hydrogen-bond acceptors (Lipinski definition) is 5. The van der Waals surface area contributed by atoms with Gasteiger partial charge in [-0.2, -0.15) is 4.31 Å². The van der Waals surface area contributed by atoms with Crippen molar-refractivity contribution in [1.29, 1.82) is 0 Å². The summed E-state index contributed by atoms with van der Waals surface area (Å²) in [4.78, 5) is 12.9. The molecule has 7 nitrogen and oxygen atoms in total. The van der Waals surface area contributed by atoms with Gasteiger partial charge in [-0.1, -0.05) is 26.0 Å². The molecule has 0 saturated carbocycles. The average molecular weight is 431 g/mol. The third-order valence-corrected chi connectivity index (χ3v) is 7.13. The summed E-state index contributed by atoms with van der Waals surface area (Å²) < 4.78 is 37.5. The van der Waals surface area contributed by atoms with Gasteiger partial charge in [-0.15, -0.1) is 0 Å². The molecule has 0 fully saturated rings. The maximum Gasteiger partial charge on any atom is 0.287 e. The van der Waals surface area contributed by atoms with Gasteiger partial charge >= 0.3 is 0 Å². The van der Waals surface area contributed by atoms with E-state index in [0.29, 0.717) is 24.4 Å². The highest BCUT2D eigenvalue weighted by Crippen LogP contribution is 2.28. The van der Waals surface area contributed by atoms with E-state index in [1.165, 1.54) is 4.31 Å². The van der Waals surface area contributed by atoms with E-state index < -0.39 is 10.0 Å². The fraction of sp³-hybridized carbons (Fsp3) is 0.318. The van der Waals surface area contributed by atoms with Crippen molar-refractivity contribution in [3.63, 3.8) is 0 Å². The number of nitrogens with zero attached hydrogens (tertiary/aromatic N) is 1. The predicted octanol–water partition coefficient (Wildman–Crippen LogP) is 3.71. The molecule has 0 unspecified atom stereocenters. The molecule has 3 aromatic rings. The molecule has 0 atom stereocenters. The van der Waals surface area contributed by atoms with Crippen LogP contribution < -0.4 is 10.1 Å². The topological polar surface area (TPSA) is 88.9 Å². The number of aryl methyl sites for hydroxylation is 1. The van der Waals surface area contributed by atoms with Crippen molar-refractivity contribution in [3.05, 3.63) is 59.4 Å². The lowest BCUT2D eigenvalue weighted by Crippen LogP contribution is -2.30. The Kier molecular flexibility index (Phi) is 6.48. The highest BCUT2D eigenvalue weighted by molar-refractivity contribution is 7.89. The molecule has 0 aliphatic rings. The van der Waals surface area contributed by atoms with Crippen LogP contribution in [-0.4, -0.2) is 38.8 Å². The molecule has 0 radical (unpaired) electrons. The lowest BCUT2D eigenvalue weighted by molar-refractivity contribution is 0.0924. The molecule has 8 heteroatoms. The molecule has 1 N–H and O–H groups in total. The molecule has 30 heavy (non-hydrogen) atoms. The molecule has 1 heterocycles. The highest BCUT2D eigenvalue weighted by Gasteiger charge is 2.21. The number of amides is 1. The van der Waals surface area contributed by atoms with Crippen molar-refractivity contribution in [3.8, 4) is 5.75 Å². The highest BCUT2D eigenvalue weighted by atomic mass is 32.2. The van der Waals surface area contributed by atoms with Gasteiger partial charge in [-0.05, 0) is 42.8 Å². The van der Waals surface area contributed by atoms with Gasteiger partial charge in [0.2, 0.25) is 10.0 Å². The monoisotopic (exact) mass is 430 g/mol. The molecule has 160 valence electrons. The number of furan rings is 1. The molecule has 0 aliphatic heterocycles. The quantitative estimate of drug-likeness (QED) is 0.588. The normalized spacial score (nSPS) is 11.8. The Labute approximate surface area is 176 Å². The van der Waals surface area contributed by atoms with E-state index in [0.717, 1.165) is 16.5 Å². The fourth-order valence-electron chi connectivity index (χ4n) is 3.30. The van der Waals surface area contributed by atoms with Gasteiger partial charge in [-0.3, -0.25) is 4.79 Å². The maximum absolute atomic E-state index is 12.6.